The van der Waals surface area contributed by atoms with E-state index in [1.165, 1.54) is 26.3 Å². The molecule has 0 amide bonds. The zero-order chi connectivity index (χ0) is 12.6. The van der Waals surface area contributed by atoms with Crippen molar-refractivity contribution in [3.63, 3.8) is 0 Å². The quantitative estimate of drug-likeness (QED) is 0.706. The number of nitrogens with two attached hydrogens (primary N) is 1. The van der Waals surface area contributed by atoms with Gasteiger partial charge in [0.1, 0.15) is 0 Å². The summed E-state index contributed by atoms with van der Waals surface area (Å²) < 4.78 is 0. The van der Waals surface area contributed by atoms with Gasteiger partial charge < -0.3 is 5.73 Å². The third-order valence-corrected chi connectivity index (χ3v) is 2.99. The van der Waals surface area contributed by atoms with E-state index in [-0.39, 0.29) is 0 Å². The molecule has 0 aliphatic heterocycles. The highest BCUT2D eigenvalue weighted by Crippen LogP contribution is 2.36. The molecule has 0 radical (unpaired) electrons. The number of fused-ring (bicyclic) bond motifs is 1. The van der Waals surface area contributed by atoms with Crippen molar-refractivity contribution in [2.75, 3.05) is 7.05 Å². The molecule has 0 fully saturated rings. The Morgan fingerprint density at radius 3 is 2.19 bits per heavy atom. The first-order chi connectivity index (χ1) is 7.70. The molecule has 1 aliphatic carbocycles. The SMILES string of the molecule is CC.CC1(C)CCCc2ccccc21.CN. The van der Waals surface area contributed by atoms with E-state index in [0.29, 0.717) is 5.41 Å². The average Bonchev–Trinajstić information content (AvgIpc) is 2.34. The van der Waals surface area contributed by atoms with Crippen LogP contribution in [0.1, 0.15) is 51.7 Å². The summed E-state index contributed by atoms with van der Waals surface area (Å²) in [5.74, 6) is 0. The van der Waals surface area contributed by atoms with Crippen LogP contribution in [0.5, 0.6) is 0 Å². The lowest BCUT2D eigenvalue weighted by Crippen LogP contribution is -2.23. The summed E-state index contributed by atoms with van der Waals surface area (Å²) in [5, 5.41) is 0. The van der Waals surface area contributed by atoms with Crippen LogP contribution in [0.15, 0.2) is 24.3 Å². The van der Waals surface area contributed by atoms with E-state index < -0.39 is 0 Å². The highest BCUT2D eigenvalue weighted by Gasteiger charge is 2.26. The summed E-state index contributed by atoms with van der Waals surface area (Å²) in [6.45, 7) is 8.70. The lowest BCUT2D eigenvalue weighted by Gasteiger charge is -2.32. The molecule has 1 aliphatic rings. The summed E-state index contributed by atoms with van der Waals surface area (Å²) in [7, 11) is 1.50. The van der Waals surface area contributed by atoms with Gasteiger partial charge in [-0.1, -0.05) is 52.0 Å². The molecule has 0 atom stereocenters. The van der Waals surface area contributed by atoms with Gasteiger partial charge in [-0.3, -0.25) is 0 Å². The molecule has 1 aromatic carbocycles. The fourth-order valence-corrected chi connectivity index (χ4v) is 2.25. The van der Waals surface area contributed by atoms with E-state index in [9.17, 15) is 0 Å². The summed E-state index contributed by atoms with van der Waals surface area (Å²) in [5.41, 5.74) is 8.04. The second-order valence-corrected chi connectivity index (χ2v) is 4.39. The van der Waals surface area contributed by atoms with Crippen LogP contribution in [0.25, 0.3) is 0 Å². The van der Waals surface area contributed by atoms with Crippen molar-refractivity contribution < 1.29 is 0 Å². The predicted molar refractivity (Wildman–Crippen MR) is 73.9 cm³/mol. The first kappa shape index (κ1) is 15.2. The summed E-state index contributed by atoms with van der Waals surface area (Å²) >= 11 is 0. The monoisotopic (exact) mass is 221 g/mol. The Balaban J connectivity index is 0.000000509. The van der Waals surface area contributed by atoms with Crippen molar-refractivity contribution in [3.05, 3.63) is 35.4 Å². The van der Waals surface area contributed by atoms with Gasteiger partial charge in [-0.2, -0.15) is 0 Å². The van der Waals surface area contributed by atoms with Crippen molar-refractivity contribution in [1.82, 2.24) is 0 Å². The molecular formula is C15H27N. The van der Waals surface area contributed by atoms with Gasteiger partial charge in [-0.05, 0) is 42.9 Å². The molecule has 0 saturated carbocycles. The third kappa shape index (κ3) is 3.64. The first-order valence-corrected chi connectivity index (χ1v) is 6.36. The summed E-state index contributed by atoms with van der Waals surface area (Å²) in [4.78, 5) is 0. The molecule has 2 rings (SSSR count). The molecule has 2 N–H and O–H groups in total. The number of aryl methyl sites for hydroxylation is 1. The van der Waals surface area contributed by atoms with Gasteiger partial charge in [0, 0.05) is 0 Å². The highest BCUT2D eigenvalue weighted by molar-refractivity contribution is 5.35. The van der Waals surface area contributed by atoms with Gasteiger partial charge in [-0.15, -0.1) is 0 Å². The smallest absolute Gasteiger partial charge is 0.0101 e. The number of hydrogen-bond donors (Lipinski definition) is 1. The molecule has 0 aromatic heterocycles. The number of rotatable bonds is 0. The minimum absolute atomic E-state index is 0.412. The van der Waals surface area contributed by atoms with Crippen molar-refractivity contribution in [2.45, 2.75) is 52.4 Å². The maximum Gasteiger partial charge on any atom is -0.0101 e. The van der Waals surface area contributed by atoms with Crippen LogP contribution < -0.4 is 5.73 Å². The van der Waals surface area contributed by atoms with Crippen LogP contribution in [0.2, 0.25) is 0 Å². The normalized spacial score (nSPS) is 15.9. The molecule has 0 bridgehead atoms. The Bertz CT molecular complexity index is 289. The Hall–Kier alpha value is -0.820. The second-order valence-electron chi connectivity index (χ2n) is 4.39. The van der Waals surface area contributed by atoms with E-state index in [4.69, 9.17) is 0 Å². The molecule has 92 valence electrons. The fraction of sp³-hybridized carbons (Fsp3) is 0.600. The van der Waals surface area contributed by atoms with Gasteiger partial charge in [0.2, 0.25) is 0 Å². The topological polar surface area (TPSA) is 26.0 Å². The molecule has 0 unspecified atom stereocenters. The van der Waals surface area contributed by atoms with Gasteiger partial charge in [-0.25, -0.2) is 0 Å². The molecule has 1 heteroatoms. The largest absolute Gasteiger partial charge is 0.333 e. The molecule has 0 saturated heterocycles. The zero-order valence-corrected chi connectivity index (χ0v) is 11.5. The Labute approximate surface area is 101 Å². The van der Waals surface area contributed by atoms with Gasteiger partial charge in [0.25, 0.3) is 0 Å². The van der Waals surface area contributed by atoms with E-state index >= 15 is 0 Å². The molecule has 16 heavy (non-hydrogen) atoms. The minimum atomic E-state index is 0.412. The van der Waals surface area contributed by atoms with E-state index in [2.05, 4.69) is 43.8 Å². The maximum atomic E-state index is 4.50. The Kier molecular flexibility index (Phi) is 7.07. The van der Waals surface area contributed by atoms with Crippen molar-refractivity contribution >= 4 is 0 Å². The minimum Gasteiger partial charge on any atom is -0.333 e. The average molecular weight is 221 g/mol. The molecule has 0 spiro atoms. The lowest BCUT2D eigenvalue weighted by molar-refractivity contribution is 0.432. The van der Waals surface area contributed by atoms with Crippen molar-refractivity contribution in [3.8, 4) is 0 Å². The van der Waals surface area contributed by atoms with Gasteiger partial charge in [0.05, 0.1) is 0 Å². The van der Waals surface area contributed by atoms with E-state index in [1.54, 1.807) is 11.1 Å². The first-order valence-electron chi connectivity index (χ1n) is 6.36. The van der Waals surface area contributed by atoms with Gasteiger partial charge in [0.15, 0.2) is 0 Å². The molecular weight excluding hydrogens is 194 g/mol. The van der Waals surface area contributed by atoms with E-state index in [1.807, 2.05) is 13.8 Å². The van der Waals surface area contributed by atoms with Gasteiger partial charge >= 0.3 is 0 Å². The highest BCUT2D eigenvalue weighted by atomic mass is 14.4. The van der Waals surface area contributed by atoms with Crippen LogP contribution in [-0.2, 0) is 11.8 Å². The van der Waals surface area contributed by atoms with Crippen LogP contribution in [0.3, 0.4) is 0 Å². The van der Waals surface area contributed by atoms with Crippen molar-refractivity contribution in [2.24, 2.45) is 5.73 Å². The van der Waals surface area contributed by atoms with E-state index in [0.717, 1.165) is 0 Å². The standard InChI is InChI=1S/C12H16.C2H6.CH5N/c1-12(2)9-5-7-10-6-3-4-8-11(10)12;2*1-2/h3-4,6,8H,5,7,9H2,1-2H3;1-2H3;2H2,1H3. The lowest BCUT2D eigenvalue weighted by atomic mass is 9.73. The molecule has 0 heterocycles. The zero-order valence-electron chi connectivity index (χ0n) is 11.5. The second kappa shape index (κ2) is 7.45. The van der Waals surface area contributed by atoms with Crippen LogP contribution in [0, 0.1) is 0 Å². The van der Waals surface area contributed by atoms with Crippen LogP contribution in [-0.4, -0.2) is 7.05 Å². The fourth-order valence-electron chi connectivity index (χ4n) is 2.25. The predicted octanol–water partition coefficient (Wildman–Crippen LogP) is 3.90. The number of hydrogen-bond acceptors (Lipinski definition) is 1. The maximum absolute atomic E-state index is 4.50. The number of benzene rings is 1. The molecule has 1 nitrogen and oxygen atoms in total. The Morgan fingerprint density at radius 1 is 1.06 bits per heavy atom. The third-order valence-electron chi connectivity index (χ3n) is 2.99. The Morgan fingerprint density at radius 2 is 1.62 bits per heavy atom. The summed E-state index contributed by atoms with van der Waals surface area (Å²) in [6, 6.07) is 8.87. The van der Waals surface area contributed by atoms with Crippen LogP contribution >= 0.6 is 0 Å². The van der Waals surface area contributed by atoms with Crippen LogP contribution in [0.4, 0.5) is 0 Å². The summed E-state index contributed by atoms with van der Waals surface area (Å²) in [6.07, 6.45) is 3.97. The van der Waals surface area contributed by atoms with Crippen molar-refractivity contribution in [1.29, 1.82) is 0 Å². The molecule has 1 aromatic rings.